The van der Waals surface area contributed by atoms with Crippen molar-refractivity contribution < 1.29 is 9.53 Å². The van der Waals surface area contributed by atoms with Gasteiger partial charge in [0.2, 0.25) is 5.95 Å². The Morgan fingerprint density at radius 3 is 2.68 bits per heavy atom. The zero-order chi connectivity index (χ0) is 17.5. The summed E-state index contributed by atoms with van der Waals surface area (Å²) in [6, 6.07) is 9.78. The lowest BCUT2D eigenvalue weighted by Gasteiger charge is -2.17. The molecule has 0 aliphatic carbocycles. The van der Waals surface area contributed by atoms with Crippen LogP contribution < -0.4 is 15.5 Å². The monoisotopic (exact) mass is 341 g/mol. The lowest BCUT2D eigenvalue weighted by Crippen LogP contribution is -2.27. The Bertz CT molecular complexity index is 699. The summed E-state index contributed by atoms with van der Waals surface area (Å²) < 4.78 is 4.91. The van der Waals surface area contributed by atoms with Gasteiger partial charge in [-0.05, 0) is 43.2 Å². The first kappa shape index (κ1) is 17.2. The highest BCUT2D eigenvalue weighted by Gasteiger charge is 2.12. The molecule has 3 rings (SSSR count). The molecule has 2 aromatic rings. The number of anilines is 3. The van der Waals surface area contributed by atoms with Crippen LogP contribution in [0.5, 0.6) is 0 Å². The third-order valence-electron chi connectivity index (χ3n) is 4.07. The first-order valence-electron chi connectivity index (χ1n) is 8.48. The molecule has 1 saturated heterocycles. The van der Waals surface area contributed by atoms with Crippen molar-refractivity contribution in [2.45, 2.75) is 12.8 Å². The zero-order valence-electron chi connectivity index (χ0n) is 14.4. The van der Waals surface area contributed by atoms with E-state index in [9.17, 15) is 4.79 Å². The number of methoxy groups -OCH3 is 1. The van der Waals surface area contributed by atoms with Crippen molar-refractivity contribution in [1.82, 2.24) is 15.3 Å². The molecule has 1 aromatic heterocycles. The van der Waals surface area contributed by atoms with Crippen molar-refractivity contribution >= 4 is 23.2 Å². The summed E-state index contributed by atoms with van der Waals surface area (Å²) in [5.41, 5.74) is 2.44. The van der Waals surface area contributed by atoms with Gasteiger partial charge in [-0.2, -0.15) is 0 Å². The van der Waals surface area contributed by atoms with E-state index in [-0.39, 0.29) is 5.91 Å². The Balaban J connectivity index is 1.62. The van der Waals surface area contributed by atoms with Gasteiger partial charge in [0.1, 0.15) is 5.69 Å². The molecule has 1 amide bonds. The van der Waals surface area contributed by atoms with E-state index >= 15 is 0 Å². The van der Waals surface area contributed by atoms with Crippen LogP contribution in [-0.4, -0.2) is 49.2 Å². The molecule has 1 aromatic carbocycles. The second-order valence-corrected chi connectivity index (χ2v) is 5.88. The third kappa shape index (κ3) is 4.67. The van der Waals surface area contributed by atoms with E-state index in [0.29, 0.717) is 24.8 Å². The van der Waals surface area contributed by atoms with Gasteiger partial charge < -0.3 is 20.3 Å². The Kier molecular flexibility index (Phi) is 5.79. The van der Waals surface area contributed by atoms with Gasteiger partial charge in [0.15, 0.2) is 0 Å². The van der Waals surface area contributed by atoms with Gasteiger partial charge in [-0.3, -0.25) is 4.79 Å². The maximum atomic E-state index is 12.0. The minimum absolute atomic E-state index is 0.244. The van der Waals surface area contributed by atoms with E-state index in [1.165, 1.54) is 18.5 Å². The average Bonchev–Trinajstić information content (AvgIpc) is 3.17. The predicted octanol–water partition coefficient (Wildman–Crippen LogP) is 2.20. The molecule has 0 bridgehead atoms. The van der Waals surface area contributed by atoms with E-state index < -0.39 is 0 Å². The first-order chi connectivity index (χ1) is 12.3. The number of hydrogen-bond donors (Lipinski definition) is 2. The molecule has 0 atom stereocenters. The zero-order valence-corrected chi connectivity index (χ0v) is 14.4. The van der Waals surface area contributed by atoms with Crippen molar-refractivity contribution in [3.05, 3.63) is 42.2 Å². The van der Waals surface area contributed by atoms with E-state index in [0.717, 1.165) is 18.8 Å². The van der Waals surface area contributed by atoms with Gasteiger partial charge in [-0.25, -0.2) is 9.97 Å². The van der Waals surface area contributed by atoms with Crippen LogP contribution in [0.25, 0.3) is 0 Å². The van der Waals surface area contributed by atoms with Crippen LogP contribution >= 0.6 is 0 Å². The maximum Gasteiger partial charge on any atom is 0.270 e. The number of carbonyl (C=O) groups excluding carboxylic acids is 1. The van der Waals surface area contributed by atoms with Crippen molar-refractivity contribution in [2.75, 3.05) is 43.6 Å². The molecule has 2 N–H and O–H groups in total. The van der Waals surface area contributed by atoms with Crippen LogP contribution in [0, 0.1) is 0 Å². The molecule has 0 saturated carbocycles. The first-order valence-corrected chi connectivity index (χ1v) is 8.48. The molecular formula is C18H23N5O2. The Morgan fingerprint density at radius 2 is 1.96 bits per heavy atom. The van der Waals surface area contributed by atoms with Crippen LogP contribution in [-0.2, 0) is 4.74 Å². The molecule has 25 heavy (non-hydrogen) atoms. The largest absolute Gasteiger partial charge is 0.383 e. The van der Waals surface area contributed by atoms with Gasteiger partial charge >= 0.3 is 0 Å². The van der Waals surface area contributed by atoms with Crippen molar-refractivity contribution in [1.29, 1.82) is 0 Å². The molecule has 7 heteroatoms. The second-order valence-electron chi connectivity index (χ2n) is 5.88. The Hall–Kier alpha value is -2.67. The summed E-state index contributed by atoms with van der Waals surface area (Å²) in [5, 5.41) is 5.88. The lowest BCUT2D eigenvalue weighted by atomic mass is 10.2. The molecule has 0 unspecified atom stereocenters. The van der Waals surface area contributed by atoms with Gasteiger partial charge in [-0.15, -0.1) is 0 Å². The fraction of sp³-hybridized carbons (Fsp3) is 0.389. The summed E-state index contributed by atoms with van der Waals surface area (Å²) in [6.07, 6.45) is 4.08. The molecule has 0 radical (unpaired) electrons. The molecule has 0 spiro atoms. The van der Waals surface area contributed by atoms with Crippen LogP contribution in [0.15, 0.2) is 36.5 Å². The second kappa shape index (κ2) is 8.43. The molecule has 7 nitrogen and oxygen atoms in total. The standard InChI is InChI=1S/C18H23N5O2/c1-25-13-10-19-17(24)16-8-9-20-18(22-16)21-14-4-6-15(7-5-14)23-11-2-3-12-23/h4-9H,2-3,10-13H2,1H3,(H,19,24)(H,20,21,22). The number of amides is 1. The van der Waals surface area contributed by atoms with E-state index in [1.807, 2.05) is 12.1 Å². The average molecular weight is 341 g/mol. The SMILES string of the molecule is COCCNC(=O)c1ccnc(Nc2ccc(N3CCCC3)cc2)n1. The number of nitrogens with zero attached hydrogens (tertiary/aromatic N) is 3. The number of carbonyl (C=O) groups is 1. The summed E-state index contributed by atoms with van der Waals surface area (Å²) in [4.78, 5) is 22.8. The molecule has 1 aliphatic heterocycles. The van der Waals surface area contributed by atoms with E-state index in [2.05, 4.69) is 37.6 Å². The van der Waals surface area contributed by atoms with Crippen molar-refractivity contribution in [3.8, 4) is 0 Å². The fourth-order valence-electron chi connectivity index (χ4n) is 2.76. The van der Waals surface area contributed by atoms with Gasteiger partial charge in [0.25, 0.3) is 5.91 Å². The minimum Gasteiger partial charge on any atom is -0.383 e. The van der Waals surface area contributed by atoms with E-state index in [1.54, 1.807) is 19.4 Å². The normalized spacial score (nSPS) is 13.7. The lowest BCUT2D eigenvalue weighted by molar-refractivity contribution is 0.0932. The summed E-state index contributed by atoms with van der Waals surface area (Å²) in [7, 11) is 1.59. The maximum absolute atomic E-state index is 12.0. The quantitative estimate of drug-likeness (QED) is 0.752. The van der Waals surface area contributed by atoms with Crippen LogP contribution in [0.1, 0.15) is 23.3 Å². The molecular weight excluding hydrogens is 318 g/mol. The van der Waals surface area contributed by atoms with Gasteiger partial charge in [-0.1, -0.05) is 0 Å². The minimum atomic E-state index is -0.244. The van der Waals surface area contributed by atoms with Crippen LogP contribution in [0.4, 0.5) is 17.3 Å². The van der Waals surface area contributed by atoms with E-state index in [4.69, 9.17) is 4.74 Å². The highest BCUT2D eigenvalue weighted by atomic mass is 16.5. The number of nitrogens with one attached hydrogen (secondary N) is 2. The summed E-state index contributed by atoms with van der Waals surface area (Å²) in [6.45, 7) is 3.15. The third-order valence-corrected chi connectivity index (χ3v) is 4.07. The number of benzene rings is 1. The molecule has 132 valence electrons. The Labute approximate surface area is 147 Å². The number of ether oxygens (including phenoxy) is 1. The van der Waals surface area contributed by atoms with Gasteiger partial charge in [0, 0.05) is 44.3 Å². The molecule has 1 fully saturated rings. The number of hydrogen-bond acceptors (Lipinski definition) is 6. The Morgan fingerprint density at radius 1 is 1.20 bits per heavy atom. The van der Waals surface area contributed by atoms with Crippen molar-refractivity contribution in [2.24, 2.45) is 0 Å². The van der Waals surface area contributed by atoms with Crippen LogP contribution in [0.3, 0.4) is 0 Å². The predicted molar refractivity (Wildman–Crippen MR) is 97.4 cm³/mol. The van der Waals surface area contributed by atoms with Gasteiger partial charge in [0.05, 0.1) is 6.61 Å². The highest BCUT2D eigenvalue weighted by molar-refractivity contribution is 5.92. The fourth-order valence-corrected chi connectivity index (χ4v) is 2.76. The van der Waals surface area contributed by atoms with Crippen LogP contribution in [0.2, 0.25) is 0 Å². The number of rotatable bonds is 7. The summed E-state index contributed by atoms with van der Waals surface area (Å²) >= 11 is 0. The smallest absolute Gasteiger partial charge is 0.270 e. The number of aromatic nitrogens is 2. The molecule has 2 heterocycles. The molecule has 1 aliphatic rings. The van der Waals surface area contributed by atoms with Crippen molar-refractivity contribution in [3.63, 3.8) is 0 Å². The summed E-state index contributed by atoms with van der Waals surface area (Å²) in [5.74, 6) is 0.153. The highest BCUT2D eigenvalue weighted by Crippen LogP contribution is 2.23. The topological polar surface area (TPSA) is 79.4 Å².